The first-order chi connectivity index (χ1) is 11.2. The maximum Gasteiger partial charge on any atom is 0.123 e. The monoisotopic (exact) mass is 310 g/mol. The first kappa shape index (κ1) is 14.3. The van der Waals surface area contributed by atoms with Crippen LogP contribution in [0.25, 0.3) is 0 Å². The molecule has 1 aromatic carbocycles. The average molecular weight is 310 g/mol. The Balaban J connectivity index is 1.54. The van der Waals surface area contributed by atoms with E-state index < -0.39 is 0 Å². The minimum absolute atomic E-state index is 0.102. The summed E-state index contributed by atoms with van der Waals surface area (Å²) in [6, 6.07) is 13.3. The third-order valence-corrected chi connectivity index (χ3v) is 5.04. The number of nitrogen functional groups attached to an aromatic ring is 1. The molecule has 2 aromatic rings. The Kier molecular flexibility index (Phi) is 3.58. The van der Waals surface area contributed by atoms with Crippen LogP contribution < -0.4 is 15.5 Å². The molecule has 2 aliphatic heterocycles. The lowest BCUT2D eigenvalue weighted by molar-refractivity contribution is 0.282. The van der Waals surface area contributed by atoms with Crippen molar-refractivity contribution in [2.45, 2.75) is 31.5 Å². The van der Waals surface area contributed by atoms with Crippen LogP contribution >= 0.6 is 0 Å². The Hall–Kier alpha value is -2.27. The molecule has 2 atom stereocenters. The smallest absolute Gasteiger partial charge is 0.123 e. The van der Waals surface area contributed by atoms with Crippen molar-refractivity contribution in [3.63, 3.8) is 0 Å². The summed E-state index contributed by atoms with van der Waals surface area (Å²) in [6.45, 7) is 2.14. The van der Waals surface area contributed by atoms with Crippen LogP contribution in [0.3, 0.4) is 0 Å². The molecule has 0 saturated carbocycles. The summed E-state index contributed by atoms with van der Waals surface area (Å²) in [6.07, 6.45) is 4.33. The maximum atomic E-state index is 9.20. The third-order valence-electron chi connectivity index (χ3n) is 5.04. The molecule has 0 spiro atoms. The molecular formula is C18H22N4O. The number of aliphatic hydroxyl groups is 1. The Morgan fingerprint density at radius 3 is 2.22 bits per heavy atom. The summed E-state index contributed by atoms with van der Waals surface area (Å²) < 4.78 is 0. The van der Waals surface area contributed by atoms with Crippen LogP contribution in [0.5, 0.6) is 0 Å². The highest BCUT2D eigenvalue weighted by molar-refractivity contribution is 5.56. The van der Waals surface area contributed by atoms with Crippen LogP contribution in [-0.4, -0.2) is 35.3 Å². The summed E-state index contributed by atoms with van der Waals surface area (Å²) in [5.41, 5.74) is 9.08. The first-order valence-corrected chi connectivity index (χ1v) is 8.19. The molecule has 0 amide bonds. The van der Waals surface area contributed by atoms with E-state index in [0.717, 1.165) is 24.3 Å². The first-order valence-electron chi connectivity index (χ1n) is 8.19. The van der Waals surface area contributed by atoms with Gasteiger partial charge >= 0.3 is 0 Å². The molecule has 3 N–H and O–H groups in total. The highest BCUT2D eigenvalue weighted by Gasteiger charge is 2.40. The number of aliphatic hydroxyl groups excluding tert-OH is 1. The van der Waals surface area contributed by atoms with Crippen molar-refractivity contribution in [2.24, 2.45) is 0 Å². The Bertz CT molecular complexity index is 656. The quantitative estimate of drug-likeness (QED) is 0.908. The van der Waals surface area contributed by atoms with Crippen molar-refractivity contribution in [2.75, 3.05) is 28.6 Å². The van der Waals surface area contributed by atoms with Crippen LogP contribution in [0.1, 0.15) is 18.4 Å². The van der Waals surface area contributed by atoms with E-state index in [4.69, 9.17) is 5.73 Å². The fraction of sp³-hybridized carbons (Fsp3) is 0.389. The molecule has 23 heavy (non-hydrogen) atoms. The summed E-state index contributed by atoms with van der Waals surface area (Å²) in [5.74, 6) is 0.569. The average Bonchev–Trinajstić information content (AvgIpc) is 2.85. The Morgan fingerprint density at radius 2 is 1.65 bits per heavy atom. The molecule has 0 radical (unpaired) electrons. The number of fused-ring (bicyclic) bond motifs is 2. The van der Waals surface area contributed by atoms with Crippen LogP contribution in [-0.2, 0) is 6.61 Å². The molecule has 120 valence electrons. The zero-order valence-electron chi connectivity index (χ0n) is 13.1. The standard InChI is InChI=1S/C18H22N4O/c19-18-8-7-15(9-20-18)21-10-16-5-6-17(11-21)22(16)14-3-1-13(12-23)2-4-14/h1-4,7-9,16-17,23H,5-6,10-12H2,(H2,19,20). The van der Waals surface area contributed by atoms with Crippen molar-refractivity contribution in [3.05, 3.63) is 48.2 Å². The zero-order valence-corrected chi connectivity index (χ0v) is 13.1. The summed E-state index contributed by atoms with van der Waals surface area (Å²) in [5, 5.41) is 9.20. The van der Waals surface area contributed by atoms with Gasteiger partial charge in [0.05, 0.1) is 18.5 Å². The molecule has 0 aliphatic carbocycles. The van der Waals surface area contributed by atoms with Crippen molar-refractivity contribution in [1.82, 2.24) is 4.98 Å². The molecule has 1 aromatic heterocycles. The topological polar surface area (TPSA) is 65.6 Å². The molecule has 5 heteroatoms. The van der Waals surface area contributed by atoms with Gasteiger partial charge in [0.25, 0.3) is 0 Å². The van der Waals surface area contributed by atoms with Gasteiger partial charge < -0.3 is 20.6 Å². The van der Waals surface area contributed by atoms with Gasteiger partial charge in [0.15, 0.2) is 0 Å². The molecule has 3 heterocycles. The van der Waals surface area contributed by atoms with Crippen LogP contribution in [0.2, 0.25) is 0 Å². The molecule has 2 unspecified atom stereocenters. The minimum Gasteiger partial charge on any atom is -0.392 e. The van der Waals surface area contributed by atoms with E-state index in [9.17, 15) is 5.11 Å². The van der Waals surface area contributed by atoms with Gasteiger partial charge in [-0.3, -0.25) is 0 Å². The minimum atomic E-state index is 0.102. The third kappa shape index (κ3) is 2.61. The van der Waals surface area contributed by atoms with E-state index in [1.165, 1.54) is 18.5 Å². The fourth-order valence-corrected chi connectivity index (χ4v) is 3.89. The lowest BCUT2D eigenvalue weighted by Gasteiger charge is -2.43. The number of anilines is 3. The second-order valence-electron chi connectivity index (χ2n) is 6.46. The number of aromatic nitrogens is 1. The van der Waals surface area contributed by atoms with Gasteiger partial charge in [0, 0.05) is 30.9 Å². The van der Waals surface area contributed by atoms with Crippen molar-refractivity contribution >= 4 is 17.2 Å². The largest absolute Gasteiger partial charge is 0.392 e. The summed E-state index contributed by atoms with van der Waals surface area (Å²) >= 11 is 0. The van der Waals surface area contributed by atoms with Crippen molar-refractivity contribution < 1.29 is 5.11 Å². The molecule has 2 bridgehead atoms. The van der Waals surface area contributed by atoms with E-state index in [1.54, 1.807) is 0 Å². The summed E-state index contributed by atoms with van der Waals surface area (Å²) in [7, 11) is 0. The number of pyridine rings is 1. The Morgan fingerprint density at radius 1 is 1.00 bits per heavy atom. The SMILES string of the molecule is Nc1ccc(N2CC3CCC(C2)N3c2ccc(CO)cc2)cn1. The van der Waals surface area contributed by atoms with Crippen LogP contribution in [0.4, 0.5) is 17.2 Å². The van der Waals surface area contributed by atoms with Crippen LogP contribution in [0.15, 0.2) is 42.6 Å². The number of piperazine rings is 1. The summed E-state index contributed by atoms with van der Waals surface area (Å²) in [4.78, 5) is 9.20. The maximum absolute atomic E-state index is 9.20. The van der Waals surface area contributed by atoms with Gasteiger partial charge in [-0.15, -0.1) is 0 Å². The van der Waals surface area contributed by atoms with E-state index in [0.29, 0.717) is 17.9 Å². The van der Waals surface area contributed by atoms with Gasteiger partial charge in [-0.1, -0.05) is 12.1 Å². The van der Waals surface area contributed by atoms with E-state index in [1.807, 2.05) is 24.4 Å². The zero-order chi connectivity index (χ0) is 15.8. The number of hydrogen-bond acceptors (Lipinski definition) is 5. The predicted molar refractivity (Wildman–Crippen MR) is 92.5 cm³/mol. The van der Waals surface area contributed by atoms with E-state index in [2.05, 4.69) is 33.0 Å². The molecule has 5 nitrogen and oxygen atoms in total. The van der Waals surface area contributed by atoms with Gasteiger partial charge in [-0.25, -0.2) is 4.98 Å². The number of hydrogen-bond donors (Lipinski definition) is 2. The molecular weight excluding hydrogens is 288 g/mol. The number of nitrogens with zero attached hydrogens (tertiary/aromatic N) is 3. The second kappa shape index (κ2) is 5.74. The molecule has 2 fully saturated rings. The number of nitrogens with two attached hydrogens (primary N) is 1. The second-order valence-corrected chi connectivity index (χ2v) is 6.46. The highest BCUT2D eigenvalue weighted by Crippen LogP contribution is 2.36. The predicted octanol–water partition coefficient (Wildman–Crippen LogP) is 2.01. The fourth-order valence-electron chi connectivity index (χ4n) is 3.89. The van der Waals surface area contributed by atoms with E-state index in [-0.39, 0.29) is 6.61 Å². The normalized spacial score (nSPS) is 23.3. The van der Waals surface area contributed by atoms with Gasteiger partial charge in [-0.2, -0.15) is 0 Å². The molecule has 2 aliphatic rings. The van der Waals surface area contributed by atoms with Gasteiger partial charge in [-0.05, 0) is 42.7 Å². The van der Waals surface area contributed by atoms with E-state index >= 15 is 0 Å². The van der Waals surface area contributed by atoms with Crippen molar-refractivity contribution in [3.8, 4) is 0 Å². The molecule has 2 saturated heterocycles. The number of rotatable bonds is 3. The number of benzene rings is 1. The van der Waals surface area contributed by atoms with Crippen molar-refractivity contribution in [1.29, 1.82) is 0 Å². The lowest BCUT2D eigenvalue weighted by Crippen LogP contribution is -2.54. The molecule has 4 rings (SSSR count). The van der Waals surface area contributed by atoms with Crippen LogP contribution in [0, 0.1) is 0 Å². The Labute approximate surface area is 136 Å². The highest BCUT2D eigenvalue weighted by atomic mass is 16.3. The van der Waals surface area contributed by atoms with Gasteiger partial charge in [0.2, 0.25) is 0 Å². The lowest BCUT2D eigenvalue weighted by atomic mass is 10.1. The van der Waals surface area contributed by atoms with Gasteiger partial charge in [0.1, 0.15) is 5.82 Å².